The van der Waals surface area contributed by atoms with Crippen LogP contribution >= 0.6 is 0 Å². The fourth-order valence-electron chi connectivity index (χ4n) is 1.78. The summed E-state index contributed by atoms with van der Waals surface area (Å²) in [6.45, 7) is 4.03. The van der Waals surface area contributed by atoms with E-state index in [0.29, 0.717) is 0 Å². The van der Waals surface area contributed by atoms with E-state index >= 15 is 0 Å². The molecule has 13 heavy (non-hydrogen) atoms. The molecule has 3 heteroatoms. The first-order chi connectivity index (χ1) is 6.20. The third kappa shape index (κ3) is 1.21. The molecule has 68 valence electrons. The third-order valence-corrected chi connectivity index (χ3v) is 2.29. The quantitative estimate of drug-likeness (QED) is 0.695. The van der Waals surface area contributed by atoms with Crippen molar-refractivity contribution in [1.29, 1.82) is 0 Å². The van der Waals surface area contributed by atoms with Gasteiger partial charge in [-0.15, -0.1) is 0 Å². The zero-order valence-corrected chi connectivity index (χ0v) is 7.83. The van der Waals surface area contributed by atoms with E-state index in [0.717, 1.165) is 16.6 Å². The number of aryl methyl sites for hydroxylation is 1. The second-order valence-electron chi connectivity index (χ2n) is 3.37. The predicted molar refractivity (Wildman–Crippen MR) is 53.4 cm³/mol. The van der Waals surface area contributed by atoms with Crippen molar-refractivity contribution in [1.82, 2.24) is 9.97 Å². The van der Waals surface area contributed by atoms with Gasteiger partial charge in [-0.1, -0.05) is 0 Å². The number of nitrogens with two attached hydrogens (primary N) is 1. The molecule has 0 aliphatic rings. The third-order valence-electron chi connectivity index (χ3n) is 2.29. The fourth-order valence-corrected chi connectivity index (χ4v) is 1.78. The minimum atomic E-state index is 0.0537. The van der Waals surface area contributed by atoms with Crippen LogP contribution in [-0.4, -0.2) is 9.97 Å². The lowest BCUT2D eigenvalue weighted by Gasteiger charge is -2.04. The van der Waals surface area contributed by atoms with E-state index in [1.807, 2.05) is 26.1 Å². The van der Waals surface area contributed by atoms with Crippen molar-refractivity contribution in [2.24, 2.45) is 5.73 Å². The van der Waals surface area contributed by atoms with Crippen LogP contribution in [0.3, 0.4) is 0 Å². The lowest BCUT2D eigenvalue weighted by Crippen LogP contribution is -2.05. The van der Waals surface area contributed by atoms with E-state index in [9.17, 15) is 0 Å². The molecule has 0 aromatic carbocycles. The smallest absolute Gasteiger partial charge is 0.0490 e. The first-order valence-corrected chi connectivity index (χ1v) is 4.38. The van der Waals surface area contributed by atoms with E-state index < -0.39 is 0 Å². The normalized spacial score (nSPS) is 13.5. The van der Waals surface area contributed by atoms with Gasteiger partial charge in [-0.2, -0.15) is 0 Å². The minimum absolute atomic E-state index is 0.0537. The first kappa shape index (κ1) is 8.26. The number of pyridine rings is 1. The lowest BCUT2D eigenvalue weighted by atomic mass is 10.1. The van der Waals surface area contributed by atoms with Gasteiger partial charge in [0.25, 0.3) is 0 Å². The lowest BCUT2D eigenvalue weighted by molar-refractivity contribution is 0.816. The Morgan fingerprint density at radius 2 is 2.31 bits per heavy atom. The number of aromatic nitrogens is 2. The van der Waals surface area contributed by atoms with Gasteiger partial charge in [-0.3, -0.25) is 4.98 Å². The molecule has 0 amide bonds. The van der Waals surface area contributed by atoms with E-state index in [-0.39, 0.29) is 6.04 Å². The highest BCUT2D eigenvalue weighted by Gasteiger charge is 2.10. The molecule has 0 aliphatic carbocycles. The maximum absolute atomic E-state index is 5.88. The summed E-state index contributed by atoms with van der Waals surface area (Å²) < 4.78 is 0. The van der Waals surface area contributed by atoms with E-state index in [1.54, 1.807) is 6.20 Å². The van der Waals surface area contributed by atoms with Crippen LogP contribution in [0.1, 0.15) is 24.2 Å². The Kier molecular flexibility index (Phi) is 1.81. The van der Waals surface area contributed by atoms with Crippen molar-refractivity contribution in [3.05, 3.63) is 29.7 Å². The van der Waals surface area contributed by atoms with E-state index in [1.165, 1.54) is 5.56 Å². The Bertz CT molecular complexity index is 429. The average Bonchev–Trinajstić information content (AvgIpc) is 2.39. The van der Waals surface area contributed by atoms with Gasteiger partial charge in [0.15, 0.2) is 0 Å². The number of nitrogens with one attached hydrogen (secondary N) is 1. The molecule has 2 heterocycles. The van der Waals surface area contributed by atoms with Crippen LogP contribution < -0.4 is 5.73 Å². The number of nitrogens with zero attached hydrogens (tertiary/aromatic N) is 1. The molecule has 0 spiro atoms. The zero-order valence-electron chi connectivity index (χ0n) is 7.83. The Hall–Kier alpha value is -1.35. The van der Waals surface area contributed by atoms with Gasteiger partial charge in [-0.05, 0) is 25.5 Å². The number of hydrogen-bond acceptors (Lipinski definition) is 2. The van der Waals surface area contributed by atoms with Gasteiger partial charge in [0.1, 0.15) is 0 Å². The molecule has 2 aromatic rings. The standard InChI is InChI=1S/C10H13N3/c1-6(11)10-7(2)13-9-3-4-12-5-8(9)10/h3-6,13H,11H2,1-2H3. The average molecular weight is 175 g/mol. The highest BCUT2D eigenvalue weighted by molar-refractivity contribution is 5.84. The summed E-state index contributed by atoms with van der Waals surface area (Å²) in [5.41, 5.74) is 9.29. The molecular weight excluding hydrogens is 162 g/mol. The summed E-state index contributed by atoms with van der Waals surface area (Å²) in [5, 5.41) is 1.13. The van der Waals surface area contributed by atoms with Crippen molar-refractivity contribution >= 4 is 10.9 Å². The molecule has 2 aromatic heterocycles. The number of rotatable bonds is 1. The minimum Gasteiger partial charge on any atom is -0.358 e. The van der Waals surface area contributed by atoms with Crippen LogP contribution in [-0.2, 0) is 0 Å². The molecule has 0 aliphatic heterocycles. The molecule has 0 radical (unpaired) electrons. The molecule has 1 unspecified atom stereocenters. The Labute approximate surface area is 77.0 Å². The van der Waals surface area contributed by atoms with Crippen LogP contribution in [0, 0.1) is 6.92 Å². The molecule has 0 bridgehead atoms. The summed E-state index contributed by atoms with van der Waals surface area (Å²) in [6.07, 6.45) is 3.64. The molecule has 0 saturated carbocycles. The number of hydrogen-bond donors (Lipinski definition) is 2. The highest BCUT2D eigenvalue weighted by Crippen LogP contribution is 2.25. The fraction of sp³-hybridized carbons (Fsp3) is 0.300. The molecule has 3 nitrogen and oxygen atoms in total. The van der Waals surface area contributed by atoms with Crippen LogP contribution in [0.5, 0.6) is 0 Å². The van der Waals surface area contributed by atoms with Gasteiger partial charge in [-0.25, -0.2) is 0 Å². The van der Waals surface area contributed by atoms with Crippen molar-refractivity contribution in [3.8, 4) is 0 Å². The topological polar surface area (TPSA) is 54.7 Å². The van der Waals surface area contributed by atoms with E-state index in [4.69, 9.17) is 5.73 Å². The van der Waals surface area contributed by atoms with Crippen molar-refractivity contribution in [2.75, 3.05) is 0 Å². The highest BCUT2D eigenvalue weighted by atomic mass is 14.8. The monoisotopic (exact) mass is 175 g/mol. The summed E-state index contributed by atoms with van der Waals surface area (Å²) in [5.74, 6) is 0. The molecule has 0 fully saturated rings. The SMILES string of the molecule is Cc1[nH]c2ccncc2c1C(C)N. The van der Waals surface area contributed by atoms with Gasteiger partial charge in [0, 0.05) is 35.0 Å². The largest absolute Gasteiger partial charge is 0.358 e. The molecular formula is C10H13N3. The van der Waals surface area contributed by atoms with Crippen LogP contribution in [0.15, 0.2) is 18.5 Å². The van der Waals surface area contributed by atoms with Crippen LogP contribution in [0.25, 0.3) is 10.9 Å². The summed E-state index contributed by atoms with van der Waals surface area (Å²) in [7, 11) is 0. The van der Waals surface area contributed by atoms with Crippen LogP contribution in [0.2, 0.25) is 0 Å². The number of aromatic amines is 1. The zero-order chi connectivity index (χ0) is 9.42. The second kappa shape index (κ2) is 2.85. The Balaban J connectivity index is 2.78. The number of H-pyrrole nitrogens is 1. The summed E-state index contributed by atoms with van der Waals surface area (Å²) in [6, 6.07) is 2.02. The van der Waals surface area contributed by atoms with Gasteiger partial charge in [0.2, 0.25) is 0 Å². The second-order valence-corrected chi connectivity index (χ2v) is 3.37. The van der Waals surface area contributed by atoms with Gasteiger partial charge >= 0.3 is 0 Å². The predicted octanol–water partition coefficient (Wildman–Crippen LogP) is 1.89. The van der Waals surface area contributed by atoms with Crippen molar-refractivity contribution < 1.29 is 0 Å². The molecule has 3 N–H and O–H groups in total. The molecule has 1 atom stereocenters. The summed E-state index contributed by atoms with van der Waals surface area (Å²) >= 11 is 0. The number of fused-ring (bicyclic) bond motifs is 1. The maximum atomic E-state index is 5.88. The maximum Gasteiger partial charge on any atom is 0.0490 e. The van der Waals surface area contributed by atoms with Gasteiger partial charge < -0.3 is 10.7 Å². The van der Waals surface area contributed by atoms with Crippen LogP contribution in [0.4, 0.5) is 0 Å². The van der Waals surface area contributed by atoms with Crippen molar-refractivity contribution in [3.63, 3.8) is 0 Å². The van der Waals surface area contributed by atoms with Crippen molar-refractivity contribution in [2.45, 2.75) is 19.9 Å². The Morgan fingerprint density at radius 1 is 1.54 bits per heavy atom. The molecule has 0 saturated heterocycles. The Morgan fingerprint density at radius 3 is 3.00 bits per heavy atom. The first-order valence-electron chi connectivity index (χ1n) is 4.38. The van der Waals surface area contributed by atoms with Gasteiger partial charge in [0.05, 0.1) is 0 Å². The van der Waals surface area contributed by atoms with E-state index in [2.05, 4.69) is 9.97 Å². The molecule has 2 rings (SSSR count). The summed E-state index contributed by atoms with van der Waals surface area (Å²) in [4.78, 5) is 7.38.